The molecule has 130 valence electrons. The van der Waals surface area contributed by atoms with E-state index >= 15 is 0 Å². The van der Waals surface area contributed by atoms with Gasteiger partial charge >= 0.3 is 0 Å². The van der Waals surface area contributed by atoms with Crippen molar-refractivity contribution < 1.29 is 18.7 Å². The van der Waals surface area contributed by atoms with Gasteiger partial charge in [0.25, 0.3) is 5.91 Å². The molecule has 1 aromatic carbocycles. The van der Waals surface area contributed by atoms with Crippen molar-refractivity contribution in [1.29, 1.82) is 0 Å². The van der Waals surface area contributed by atoms with Crippen LogP contribution in [0.2, 0.25) is 0 Å². The molecular weight excluding hydrogens is 338 g/mol. The summed E-state index contributed by atoms with van der Waals surface area (Å²) in [5.41, 5.74) is 1.00. The van der Waals surface area contributed by atoms with Crippen LogP contribution in [0.3, 0.4) is 0 Å². The first-order valence-electron chi connectivity index (χ1n) is 8.19. The van der Waals surface area contributed by atoms with Gasteiger partial charge in [0.1, 0.15) is 17.6 Å². The van der Waals surface area contributed by atoms with Gasteiger partial charge in [-0.25, -0.2) is 0 Å². The van der Waals surface area contributed by atoms with Crippen LogP contribution in [-0.4, -0.2) is 37.6 Å². The molecule has 0 spiro atoms. The number of aryl methyl sites for hydroxylation is 1. The second-order valence-corrected chi connectivity index (χ2v) is 7.10. The quantitative estimate of drug-likeness (QED) is 0.710. The maximum atomic E-state index is 13.1. The summed E-state index contributed by atoms with van der Waals surface area (Å²) < 4.78 is 17.6. The smallest absolute Gasteiger partial charge is 0.264 e. The molecule has 0 aliphatic carbocycles. The van der Waals surface area contributed by atoms with Gasteiger partial charge in [-0.1, -0.05) is 0 Å². The third kappa shape index (κ3) is 2.92. The molecule has 1 aliphatic rings. The van der Waals surface area contributed by atoms with Crippen molar-refractivity contribution in [2.45, 2.75) is 13.0 Å². The Kier molecular flexibility index (Phi) is 4.23. The Balaban J connectivity index is 1.62. The van der Waals surface area contributed by atoms with Gasteiger partial charge in [-0.3, -0.25) is 4.79 Å². The number of hydrogen-bond acceptors (Lipinski definition) is 5. The Bertz CT molecular complexity index is 900. The van der Waals surface area contributed by atoms with Crippen molar-refractivity contribution in [3.63, 3.8) is 0 Å². The van der Waals surface area contributed by atoms with Gasteiger partial charge in [-0.05, 0) is 48.2 Å². The summed E-state index contributed by atoms with van der Waals surface area (Å²) in [6, 6.07) is 9.64. The molecule has 1 fully saturated rings. The summed E-state index contributed by atoms with van der Waals surface area (Å²) in [7, 11) is 1.65. The standard InChI is InChI=1S/C19H19NO4S/c1-12-14-10-13(22-2)5-6-17(14)25-18(12)19(21)20-7-9-24-16(11-20)15-4-3-8-23-15/h3-6,8,10,16H,7,9,11H2,1-2H3. The van der Waals surface area contributed by atoms with Crippen LogP contribution in [-0.2, 0) is 4.74 Å². The van der Waals surface area contributed by atoms with E-state index in [0.29, 0.717) is 19.7 Å². The van der Waals surface area contributed by atoms with Gasteiger partial charge in [0.15, 0.2) is 0 Å². The van der Waals surface area contributed by atoms with Gasteiger partial charge in [0.2, 0.25) is 0 Å². The fourth-order valence-electron chi connectivity index (χ4n) is 3.15. The highest BCUT2D eigenvalue weighted by atomic mass is 32.1. The van der Waals surface area contributed by atoms with E-state index in [4.69, 9.17) is 13.9 Å². The number of carbonyl (C=O) groups excluding carboxylic acids is 1. The van der Waals surface area contributed by atoms with Gasteiger partial charge in [-0.2, -0.15) is 0 Å². The maximum absolute atomic E-state index is 13.1. The number of furan rings is 1. The van der Waals surface area contributed by atoms with E-state index in [1.165, 1.54) is 11.3 Å². The first-order valence-corrected chi connectivity index (χ1v) is 9.00. The van der Waals surface area contributed by atoms with Gasteiger partial charge in [0, 0.05) is 11.2 Å². The van der Waals surface area contributed by atoms with Crippen molar-refractivity contribution in [3.8, 4) is 5.75 Å². The SMILES string of the molecule is COc1ccc2sc(C(=O)N3CCOC(c4ccco4)C3)c(C)c2c1. The number of carbonyl (C=O) groups is 1. The van der Waals surface area contributed by atoms with Crippen LogP contribution in [0.15, 0.2) is 41.0 Å². The number of ether oxygens (including phenoxy) is 2. The van der Waals surface area contributed by atoms with E-state index in [-0.39, 0.29) is 12.0 Å². The Morgan fingerprint density at radius 1 is 1.36 bits per heavy atom. The highest BCUT2D eigenvalue weighted by molar-refractivity contribution is 7.21. The molecular formula is C19H19NO4S. The minimum absolute atomic E-state index is 0.0533. The third-order valence-corrected chi connectivity index (χ3v) is 5.81. The zero-order valence-electron chi connectivity index (χ0n) is 14.2. The Morgan fingerprint density at radius 3 is 3.00 bits per heavy atom. The predicted octanol–water partition coefficient (Wildman–Crippen LogP) is 4.03. The molecule has 0 bridgehead atoms. The number of benzene rings is 1. The van der Waals surface area contributed by atoms with Crippen LogP contribution in [0.4, 0.5) is 0 Å². The molecule has 25 heavy (non-hydrogen) atoms. The second kappa shape index (κ2) is 6.54. The molecule has 1 amide bonds. The number of morpholine rings is 1. The molecule has 3 aromatic rings. The normalized spacial score (nSPS) is 17.8. The van der Waals surface area contributed by atoms with Crippen molar-refractivity contribution in [2.24, 2.45) is 0 Å². The van der Waals surface area contributed by atoms with Crippen molar-refractivity contribution in [3.05, 3.63) is 52.8 Å². The molecule has 4 rings (SSSR count). The highest BCUT2D eigenvalue weighted by Crippen LogP contribution is 2.35. The van der Waals surface area contributed by atoms with Gasteiger partial charge in [0.05, 0.1) is 31.4 Å². The predicted molar refractivity (Wildman–Crippen MR) is 96.4 cm³/mol. The molecule has 0 N–H and O–H groups in total. The molecule has 1 unspecified atom stereocenters. The zero-order valence-corrected chi connectivity index (χ0v) is 15.0. The van der Waals surface area contributed by atoms with Crippen LogP contribution in [0.1, 0.15) is 27.1 Å². The lowest BCUT2D eigenvalue weighted by Gasteiger charge is -2.31. The molecule has 3 heterocycles. The van der Waals surface area contributed by atoms with E-state index in [1.807, 2.05) is 42.2 Å². The van der Waals surface area contributed by atoms with Crippen LogP contribution in [0.5, 0.6) is 5.75 Å². The van der Waals surface area contributed by atoms with Crippen LogP contribution in [0.25, 0.3) is 10.1 Å². The number of thiophene rings is 1. The number of hydrogen-bond donors (Lipinski definition) is 0. The largest absolute Gasteiger partial charge is 0.497 e. The zero-order chi connectivity index (χ0) is 17.4. The molecule has 6 heteroatoms. The number of fused-ring (bicyclic) bond motifs is 1. The summed E-state index contributed by atoms with van der Waals surface area (Å²) >= 11 is 1.53. The summed E-state index contributed by atoms with van der Waals surface area (Å²) in [6.07, 6.45) is 1.42. The lowest BCUT2D eigenvalue weighted by molar-refractivity contribution is -0.0320. The van der Waals surface area contributed by atoms with Crippen molar-refractivity contribution >= 4 is 27.3 Å². The molecule has 0 radical (unpaired) electrons. The van der Waals surface area contributed by atoms with E-state index in [9.17, 15) is 4.79 Å². The van der Waals surface area contributed by atoms with E-state index in [0.717, 1.165) is 32.0 Å². The molecule has 1 saturated heterocycles. The highest BCUT2D eigenvalue weighted by Gasteiger charge is 2.29. The lowest BCUT2D eigenvalue weighted by atomic mass is 10.1. The Hall–Kier alpha value is -2.31. The molecule has 2 aromatic heterocycles. The Morgan fingerprint density at radius 2 is 2.24 bits per heavy atom. The third-order valence-electron chi connectivity index (χ3n) is 4.55. The molecule has 5 nitrogen and oxygen atoms in total. The monoisotopic (exact) mass is 357 g/mol. The van der Waals surface area contributed by atoms with Crippen molar-refractivity contribution in [2.75, 3.05) is 26.8 Å². The first-order chi connectivity index (χ1) is 12.2. The number of methoxy groups -OCH3 is 1. The maximum Gasteiger partial charge on any atom is 0.264 e. The fraction of sp³-hybridized carbons (Fsp3) is 0.316. The number of nitrogens with zero attached hydrogens (tertiary/aromatic N) is 1. The fourth-order valence-corrected chi connectivity index (χ4v) is 4.31. The lowest BCUT2D eigenvalue weighted by Crippen LogP contribution is -2.42. The van der Waals surface area contributed by atoms with Gasteiger partial charge in [-0.15, -0.1) is 11.3 Å². The van der Waals surface area contributed by atoms with Crippen LogP contribution >= 0.6 is 11.3 Å². The van der Waals surface area contributed by atoms with E-state index in [1.54, 1.807) is 13.4 Å². The van der Waals surface area contributed by atoms with Gasteiger partial charge < -0.3 is 18.8 Å². The topological polar surface area (TPSA) is 51.9 Å². The average molecular weight is 357 g/mol. The summed E-state index contributed by atoms with van der Waals surface area (Å²) in [5, 5.41) is 1.07. The Labute approximate surface area is 149 Å². The second-order valence-electron chi connectivity index (χ2n) is 6.04. The molecule has 0 saturated carbocycles. The minimum atomic E-state index is -0.206. The summed E-state index contributed by atoms with van der Waals surface area (Å²) in [4.78, 5) is 15.7. The number of rotatable bonds is 3. The number of amides is 1. The molecule has 1 aliphatic heterocycles. The van der Waals surface area contributed by atoms with E-state index in [2.05, 4.69) is 0 Å². The minimum Gasteiger partial charge on any atom is -0.497 e. The molecule has 1 atom stereocenters. The van der Waals surface area contributed by atoms with Crippen LogP contribution in [0, 0.1) is 6.92 Å². The van der Waals surface area contributed by atoms with E-state index < -0.39 is 0 Å². The average Bonchev–Trinajstić information content (AvgIpc) is 3.30. The van der Waals surface area contributed by atoms with Crippen molar-refractivity contribution in [1.82, 2.24) is 4.90 Å². The van der Waals surface area contributed by atoms with Crippen LogP contribution < -0.4 is 4.74 Å². The summed E-state index contributed by atoms with van der Waals surface area (Å²) in [5.74, 6) is 1.62. The first kappa shape index (κ1) is 16.2. The summed E-state index contributed by atoms with van der Waals surface area (Å²) in [6.45, 7) is 3.60.